The molecule has 4 heteroatoms. The topological polar surface area (TPSA) is 38.7 Å². The molecule has 0 unspecified atom stereocenters. The molecule has 15 heavy (non-hydrogen) atoms. The normalized spacial score (nSPS) is 14.3. The Morgan fingerprint density at radius 2 is 2.20 bits per heavy atom. The maximum absolute atomic E-state index is 13.0. The third-order valence-electron chi connectivity index (χ3n) is 2.05. The molecule has 0 atom stereocenters. The van der Waals surface area contributed by atoms with Gasteiger partial charge in [-0.05, 0) is 18.2 Å². The molecule has 1 aliphatic rings. The predicted molar refractivity (Wildman–Crippen MR) is 54.4 cm³/mol. The summed E-state index contributed by atoms with van der Waals surface area (Å²) in [6, 6.07) is 4.09. The molecule has 2 rings (SSSR count). The number of rotatable bonds is 2. The number of benzene rings is 1. The Labute approximate surface area is 85.9 Å². The quantitative estimate of drug-likeness (QED) is 0.738. The van der Waals surface area contributed by atoms with E-state index in [0.29, 0.717) is 17.0 Å². The standard InChI is InChI=1S/C11H8FNO2/c1-15-11-3-2-7(12)4-9(11)10-5-8(14)6-13-10/h2-6H,1H3. The molecule has 1 aliphatic heterocycles. The van der Waals surface area contributed by atoms with Gasteiger partial charge >= 0.3 is 0 Å². The highest BCUT2D eigenvalue weighted by atomic mass is 19.1. The minimum Gasteiger partial charge on any atom is -0.496 e. The number of ketones is 1. The van der Waals surface area contributed by atoms with Gasteiger partial charge in [-0.15, -0.1) is 0 Å². The van der Waals surface area contributed by atoms with E-state index in [0.717, 1.165) is 0 Å². The first-order valence-corrected chi connectivity index (χ1v) is 4.34. The van der Waals surface area contributed by atoms with Crippen LogP contribution in [0.3, 0.4) is 0 Å². The van der Waals surface area contributed by atoms with Crippen molar-refractivity contribution in [3.63, 3.8) is 0 Å². The summed E-state index contributed by atoms with van der Waals surface area (Å²) < 4.78 is 18.1. The van der Waals surface area contributed by atoms with Crippen molar-refractivity contribution in [2.45, 2.75) is 0 Å². The molecule has 0 saturated heterocycles. The van der Waals surface area contributed by atoms with E-state index in [1.54, 1.807) is 0 Å². The minimum atomic E-state index is -0.388. The van der Waals surface area contributed by atoms with Gasteiger partial charge in [-0.3, -0.25) is 9.79 Å². The number of nitrogens with zero attached hydrogens (tertiary/aromatic N) is 1. The van der Waals surface area contributed by atoms with E-state index in [9.17, 15) is 9.18 Å². The number of aliphatic imine (C=N–C) groups is 1. The summed E-state index contributed by atoms with van der Waals surface area (Å²) in [7, 11) is 1.48. The zero-order chi connectivity index (χ0) is 10.8. The van der Waals surface area contributed by atoms with Crippen LogP contribution in [-0.4, -0.2) is 19.1 Å². The average Bonchev–Trinajstić information content (AvgIpc) is 2.65. The summed E-state index contributed by atoms with van der Waals surface area (Å²) >= 11 is 0. The first-order chi connectivity index (χ1) is 7.20. The van der Waals surface area contributed by atoms with Crippen molar-refractivity contribution in [3.05, 3.63) is 35.7 Å². The summed E-state index contributed by atoms with van der Waals surface area (Å²) in [4.78, 5) is 14.8. The molecule has 76 valence electrons. The highest BCUT2D eigenvalue weighted by Crippen LogP contribution is 2.28. The second-order valence-corrected chi connectivity index (χ2v) is 3.03. The number of hydrogen-bond donors (Lipinski definition) is 0. The van der Waals surface area contributed by atoms with E-state index in [4.69, 9.17) is 4.74 Å². The minimum absolute atomic E-state index is 0.198. The lowest BCUT2D eigenvalue weighted by molar-refractivity contribution is -0.108. The molecule has 1 aromatic rings. The van der Waals surface area contributed by atoms with Crippen molar-refractivity contribution in [1.82, 2.24) is 0 Å². The van der Waals surface area contributed by atoms with E-state index in [1.165, 1.54) is 37.6 Å². The molecule has 0 N–H and O–H groups in total. The smallest absolute Gasteiger partial charge is 0.199 e. The van der Waals surface area contributed by atoms with E-state index < -0.39 is 0 Å². The van der Waals surface area contributed by atoms with E-state index in [-0.39, 0.29) is 11.6 Å². The second-order valence-electron chi connectivity index (χ2n) is 3.03. The fourth-order valence-electron chi connectivity index (χ4n) is 1.37. The van der Waals surface area contributed by atoms with Crippen molar-refractivity contribution in [3.8, 4) is 5.75 Å². The Kier molecular flexibility index (Phi) is 2.33. The number of ether oxygens (including phenoxy) is 1. The maximum Gasteiger partial charge on any atom is 0.199 e. The lowest BCUT2D eigenvalue weighted by Crippen LogP contribution is -1.91. The maximum atomic E-state index is 13.0. The Bertz CT molecular complexity index is 477. The molecule has 0 aliphatic carbocycles. The van der Waals surface area contributed by atoms with Crippen molar-refractivity contribution in [2.24, 2.45) is 4.99 Å². The van der Waals surface area contributed by atoms with Gasteiger partial charge in [-0.2, -0.15) is 0 Å². The van der Waals surface area contributed by atoms with Gasteiger partial charge in [0.15, 0.2) is 5.78 Å². The Morgan fingerprint density at radius 3 is 2.80 bits per heavy atom. The molecule has 0 saturated carbocycles. The monoisotopic (exact) mass is 205 g/mol. The van der Waals surface area contributed by atoms with Crippen molar-refractivity contribution in [2.75, 3.05) is 7.11 Å². The van der Waals surface area contributed by atoms with Crippen LogP contribution in [0, 0.1) is 5.82 Å². The number of carbonyl (C=O) groups excluding carboxylic acids is 1. The second kappa shape index (κ2) is 3.65. The zero-order valence-electron chi connectivity index (χ0n) is 8.03. The van der Waals surface area contributed by atoms with E-state index in [1.807, 2.05) is 0 Å². The van der Waals surface area contributed by atoms with Gasteiger partial charge in [-0.25, -0.2) is 4.39 Å². The van der Waals surface area contributed by atoms with Gasteiger partial charge in [0.25, 0.3) is 0 Å². The van der Waals surface area contributed by atoms with Crippen LogP contribution in [-0.2, 0) is 4.79 Å². The van der Waals surface area contributed by atoms with Crippen LogP contribution < -0.4 is 4.74 Å². The first kappa shape index (κ1) is 9.58. The largest absolute Gasteiger partial charge is 0.496 e. The van der Waals surface area contributed by atoms with Crippen molar-refractivity contribution in [1.29, 1.82) is 0 Å². The lowest BCUT2D eigenvalue weighted by Gasteiger charge is -2.06. The highest BCUT2D eigenvalue weighted by molar-refractivity contribution is 6.37. The number of halogens is 1. The first-order valence-electron chi connectivity index (χ1n) is 4.34. The Balaban J connectivity index is 2.51. The molecule has 0 spiro atoms. The summed E-state index contributed by atoms with van der Waals surface area (Å²) in [5.41, 5.74) is 0.913. The third-order valence-corrected chi connectivity index (χ3v) is 2.05. The van der Waals surface area contributed by atoms with Gasteiger partial charge in [0.05, 0.1) is 19.0 Å². The number of carbonyl (C=O) groups is 1. The lowest BCUT2D eigenvalue weighted by atomic mass is 10.1. The highest BCUT2D eigenvalue weighted by Gasteiger charge is 2.13. The third kappa shape index (κ3) is 1.79. The number of hydrogen-bond acceptors (Lipinski definition) is 3. The van der Waals surface area contributed by atoms with E-state index in [2.05, 4.69) is 4.99 Å². The molecule has 0 radical (unpaired) electrons. The average molecular weight is 205 g/mol. The Hall–Kier alpha value is -1.97. The van der Waals surface area contributed by atoms with Crippen LogP contribution in [0.1, 0.15) is 5.56 Å². The predicted octanol–water partition coefficient (Wildman–Crippen LogP) is 1.83. The van der Waals surface area contributed by atoms with E-state index >= 15 is 0 Å². The van der Waals surface area contributed by atoms with Gasteiger partial charge in [0, 0.05) is 11.6 Å². The number of methoxy groups -OCH3 is 1. The molecule has 1 aromatic carbocycles. The summed E-state index contributed by atoms with van der Waals surface area (Å²) in [5.74, 6) is -0.0907. The van der Waals surface area contributed by atoms with Gasteiger partial charge in [0.2, 0.25) is 0 Å². The van der Waals surface area contributed by atoms with Gasteiger partial charge in [0.1, 0.15) is 11.6 Å². The van der Waals surface area contributed by atoms with Crippen molar-refractivity contribution < 1.29 is 13.9 Å². The van der Waals surface area contributed by atoms with Crippen LogP contribution in [0.5, 0.6) is 5.75 Å². The van der Waals surface area contributed by atoms with Crippen LogP contribution in [0.2, 0.25) is 0 Å². The summed E-state index contributed by atoms with van der Waals surface area (Å²) in [6.07, 6.45) is 2.54. The molecule has 3 nitrogen and oxygen atoms in total. The summed E-state index contributed by atoms with van der Waals surface area (Å²) in [5, 5.41) is 0. The molecule has 0 fully saturated rings. The summed E-state index contributed by atoms with van der Waals surface area (Å²) in [6.45, 7) is 0. The molecular formula is C11H8FNO2. The molecule has 0 aromatic heterocycles. The van der Waals surface area contributed by atoms with Crippen LogP contribution in [0.4, 0.5) is 4.39 Å². The zero-order valence-corrected chi connectivity index (χ0v) is 8.03. The van der Waals surface area contributed by atoms with Gasteiger partial charge < -0.3 is 4.74 Å². The molecule has 1 heterocycles. The molecule has 0 amide bonds. The van der Waals surface area contributed by atoms with Gasteiger partial charge in [-0.1, -0.05) is 0 Å². The van der Waals surface area contributed by atoms with Crippen LogP contribution in [0.15, 0.2) is 29.3 Å². The van der Waals surface area contributed by atoms with Crippen LogP contribution >= 0.6 is 0 Å². The molecular weight excluding hydrogens is 197 g/mol. The number of allylic oxidation sites excluding steroid dienone is 1. The van der Waals surface area contributed by atoms with Crippen molar-refractivity contribution >= 4 is 17.7 Å². The van der Waals surface area contributed by atoms with Crippen LogP contribution in [0.25, 0.3) is 5.70 Å². The Morgan fingerprint density at radius 1 is 1.40 bits per heavy atom. The fraction of sp³-hybridized carbons (Fsp3) is 0.0909. The SMILES string of the molecule is COc1ccc(F)cc1C1=CC(=O)C=N1. The molecule has 0 bridgehead atoms. The fourth-order valence-corrected chi connectivity index (χ4v) is 1.37.